The Hall–Kier alpha value is -2.85. The smallest absolute Gasteiger partial charge is 0.269 e. The predicted molar refractivity (Wildman–Crippen MR) is 156 cm³/mol. The highest BCUT2D eigenvalue weighted by Crippen LogP contribution is 2.42. The minimum atomic E-state index is -4.27. The summed E-state index contributed by atoms with van der Waals surface area (Å²) in [5, 5.41) is 1.05. The number of benzene rings is 3. The summed E-state index contributed by atoms with van der Waals surface area (Å²) in [6.07, 6.45) is 1.95. The summed E-state index contributed by atoms with van der Waals surface area (Å²) >= 11 is 7.54. The Morgan fingerprint density at radius 3 is 2.36 bits per heavy atom. The zero-order chi connectivity index (χ0) is 29.0. The van der Waals surface area contributed by atoms with Gasteiger partial charge < -0.3 is 9.64 Å². The van der Waals surface area contributed by atoms with Crippen molar-refractivity contribution in [3.8, 4) is 5.75 Å². The summed E-state index contributed by atoms with van der Waals surface area (Å²) in [5.41, 5.74) is 2.31. The molecular formula is C29H30ClF2NO4S2. The van der Waals surface area contributed by atoms with Gasteiger partial charge in [0.25, 0.3) is 10.1 Å². The lowest BCUT2D eigenvalue weighted by Gasteiger charge is -2.39. The van der Waals surface area contributed by atoms with Gasteiger partial charge in [-0.1, -0.05) is 56.3 Å². The van der Waals surface area contributed by atoms with Gasteiger partial charge in [-0.15, -0.1) is 11.8 Å². The van der Waals surface area contributed by atoms with Crippen molar-refractivity contribution in [2.45, 2.75) is 37.7 Å². The largest absolute Gasteiger partial charge is 0.495 e. The van der Waals surface area contributed by atoms with E-state index in [9.17, 15) is 17.2 Å². The van der Waals surface area contributed by atoms with Gasteiger partial charge in [-0.2, -0.15) is 8.42 Å². The molecular weight excluding hydrogens is 564 g/mol. The number of hydrogen-bond donors (Lipinski definition) is 1. The fraction of sp³-hybridized carbons (Fsp3) is 0.241. The molecule has 10 heteroatoms. The molecule has 0 aliphatic carbocycles. The van der Waals surface area contributed by atoms with Crippen molar-refractivity contribution in [1.82, 2.24) is 0 Å². The second-order valence-corrected chi connectivity index (χ2v) is 12.2. The van der Waals surface area contributed by atoms with E-state index >= 15 is 0 Å². The van der Waals surface area contributed by atoms with Crippen LogP contribution in [0.15, 0.2) is 84.0 Å². The molecule has 3 aromatic carbocycles. The summed E-state index contributed by atoms with van der Waals surface area (Å²) in [4.78, 5) is 1.90. The van der Waals surface area contributed by atoms with E-state index in [0.29, 0.717) is 27.1 Å². The first-order valence-corrected chi connectivity index (χ1v) is 14.8. The van der Waals surface area contributed by atoms with Crippen molar-refractivity contribution in [2.24, 2.45) is 0 Å². The Balaban J connectivity index is 1.96. The number of halogens is 3. The van der Waals surface area contributed by atoms with Gasteiger partial charge in [0.15, 0.2) is 0 Å². The van der Waals surface area contributed by atoms with Crippen LogP contribution in [0.25, 0.3) is 0 Å². The van der Waals surface area contributed by atoms with E-state index in [0.717, 1.165) is 17.3 Å². The van der Waals surface area contributed by atoms with Crippen molar-refractivity contribution in [3.05, 3.63) is 117 Å². The lowest BCUT2D eigenvalue weighted by atomic mass is 9.80. The molecule has 39 heavy (non-hydrogen) atoms. The maximum atomic E-state index is 14.8. The van der Waals surface area contributed by atoms with Crippen molar-refractivity contribution < 1.29 is 26.5 Å². The van der Waals surface area contributed by atoms with E-state index in [1.54, 1.807) is 25.3 Å². The molecule has 0 saturated heterocycles. The molecule has 0 spiro atoms. The van der Waals surface area contributed by atoms with Crippen LogP contribution in [0.5, 0.6) is 5.75 Å². The van der Waals surface area contributed by atoms with Gasteiger partial charge in [-0.3, -0.25) is 4.55 Å². The van der Waals surface area contributed by atoms with Crippen LogP contribution in [0.3, 0.4) is 0 Å². The van der Waals surface area contributed by atoms with Gasteiger partial charge in [-0.05, 0) is 66.1 Å². The van der Waals surface area contributed by atoms with E-state index in [-0.39, 0.29) is 17.1 Å². The molecule has 3 rings (SSSR count). The molecule has 3 aromatic rings. The molecule has 0 aliphatic rings. The highest BCUT2D eigenvalue weighted by atomic mass is 35.5. The standard InChI is InChI=1S/C29H30ClF2NO4S2/c1-6-28(29(3,4)22-9-14-25(30)27(16-22)37-5)33(24-12-10-23(31)11-13-24)19(2)38-17-21-8-7-20(15-26(21)32)18-39(34,35)36/h6-16H,2,17-18H2,1,3-5H3,(H,34,35,36)/b28-6-. The summed E-state index contributed by atoms with van der Waals surface area (Å²) in [6, 6.07) is 15.6. The van der Waals surface area contributed by atoms with Crippen molar-refractivity contribution in [2.75, 3.05) is 12.0 Å². The number of ether oxygens (including phenoxy) is 1. The Kier molecular flexibility index (Phi) is 9.88. The van der Waals surface area contributed by atoms with Crippen LogP contribution in [0, 0.1) is 11.6 Å². The van der Waals surface area contributed by atoms with E-state index < -0.39 is 27.1 Å². The van der Waals surface area contributed by atoms with Crippen molar-refractivity contribution in [3.63, 3.8) is 0 Å². The molecule has 0 bridgehead atoms. The number of hydrogen-bond acceptors (Lipinski definition) is 5. The quantitative estimate of drug-likeness (QED) is 0.227. The first-order chi connectivity index (χ1) is 18.3. The summed E-state index contributed by atoms with van der Waals surface area (Å²) in [5.74, 6) is -0.914. The van der Waals surface area contributed by atoms with Crippen LogP contribution >= 0.6 is 23.4 Å². The average Bonchev–Trinajstić information content (AvgIpc) is 2.86. The number of anilines is 1. The van der Waals surface area contributed by atoms with Crippen LogP contribution in [0.2, 0.25) is 5.02 Å². The summed E-state index contributed by atoms with van der Waals surface area (Å²) in [7, 11) is -2.73. The second-order valence-electron chi connectivity index (χ2n) is 9.29. The second kappa shape index (κ2) is 12.6. The molecule has 0 radical (unpaired) electrons. The van der Waals surface area contributed by atoms with Crippen LogP contribution < -0.4 is 9.64 Å². The zero-order valence-electron chi connectivity index (χ0n) is 22.0. The molecule has 0 heterocycles. The van der Waals surface area contributed by atoms with Crippen molar-refractivity contribution >= 4 is 39.2 Å². The average molecular weight is 594 g/mol. The van der Waals surface area contributed by atoms with Crippen LogP contribution in [0.1, 0.15) is 37.5 Å². The first kappa shape index (κ1) is 30.7. The van der Waals surface area contributed by atoms with Crippen LogP contribution in [-0.4, -0.2) is 20.1 Å². The van der Waals surface area contributed by atoms with Crippen molar-refractivity contribution in [1.29, 1.82) is 0 Å². The fourth-order valence-electron chi connectivity index (χ4n) is 4.21. The highest BCUT2D eigenvalue weighted by Gasteiger charge is 2.32. The molecule has 0 unspecified atom stereocenters. The lowest BCUT2D eigenvalue weighted by molar-refractivity contribution is 0.413. The molecule has 0 atom stereocenters. The van der Waals surface area contributed by atoms with Gasteiger partial charge in [0.2, 0.25) is 0 Å². The fourth-order valence-corrected chi connectivity index (χ4v) is 5.89. The molecule has 0 fully saturated rings. The topological polar surface area (TPSA) is 66.8 Å². The number of nitrogens with zero attached hydrogens (tertiary/aromatic N) is 1. The highest BCUT2D eigenvalue weighted by molar-refractivity contribution is 8.02. The molecule has 0 aromatic heterocycles. The van der Waals surface area contributed by atoms with Gasteiger partial charge in [0.05, 0.1) is 17.2 Å². The number of rotatable bonds is 11. The lowest BCUT2D eigenvalue weighted by Crippen LogP contribution is -2.33. The number of methoxy groups -OCH3 is 1. The minimum Gasteiger partial charge on any atom is -0.495 e. The molecule has 208 valence electrons. The summed E-state index contributed by atoms with van der Waals surface area (Å²) < 4.78 is 65.3. The molecule has 1 N–H and O–H groups in total. The van der Waals surface area contributed by atoms with Gasteiger partial charge in [0.1, 0.15) is 23.1 Å². The Morgan fingerprint density at radius 1 is 1.13 bits per heavy atom. The maximum Gasteiger partial charge on any atom is 0.269 e. The predicted octanol–water partition coefficient (Wildman–Crippen LogP) is 8.11. The first-order valence-electron chi connectivity index (χ1n) is 11.9. The summed E-state index contributed by atoms with van der Waals surface area (Å²) in [6.45, 7) is 10.2. The third kappa shape index (κ3) is 7.63. The van der Waals surface area contributed by atoms with E-state index in [2.05, 4.69) is 6.58 Å². The minimum absolute atomic E-state index is 0.145. The zero-order valence-corrected chi connectivity index (χ0v) is 24.4. The van der Waals surface area contributed by atoms with E-state index in [1.807, 2.05) is 43.9 Å². The third-order valence-corrected chi connectivity index (χ3v) is 8.20. The number of allylic oxidation sites excluding steroid dienone is 2. The van der Waals surface area contributed by atoms with Gasteiger partial charge in [-0.25, -0.2) is 8.78 Å². The maximum absolute atomic E-state index is 14.8. The Morgan fingerprint density at radius 2 is 1.79 bits per heavy atom. The normalized spacial score (nSPS) is 12.4. The molecule has 0 saturated carbocycles. The Bertz CT molecular complexity index is 1490. The van der Waals surface area contributed by atoms with E-state index in [4.69, 9.17) is 20.9 Å². The van der Waals surface area contributed by atoms with Gasteiger partial charge >= 0.3 is 0 Å². The molecule has 0 aliphatic heterocycles. The van der Waals surface area contributed by atoms with Crippen LogP contribution in [-0.2, 0) is 27.0 Å². The van der Waals surface area contributed by atoms with Gasteiger partial charge in [0, 0.05) is 22.6 Å². The third-order valence-electron chi connectivity index (χ3n) is 6.22. The van der Waals surface area contributed by atoms with E-state index in [1.165, 1.54) is 36.0 Å². The molecule has 0 amide bonds. The Labute approximate surface area is 237 Å². The molecule has 5 nitrogen and oxygen atoms in total. The van der Waals surface area contributed by atoms with Crippen LogP contribution in [0.4, 0.5) is 14.5 Å². The monoisotopic (exact) mass is 593 g/mol. The SMILES string of the molecule is C=C(SCc1ccc(CS(=O)(=O)O)cc1F)N(/C(=C\C)C(C)(C)c1ccc(Cl)c(OC)c1)c1ccc(F)cc1. The number of thioether (sulfide) groups is 1.